The van der Waals surface area contributed by atoms with Crippen molar-refractivity contribution in [2.75, 3.05) is 26.4 Å². The van der Waals surface area contributed by atoms with E-state index in [9.17, 15) is 10.2 Å². The number of amides is 2. The minimum absolute atomic E-state index is 0.150. The minimum Gasteiger partial charge on any atom is -0.508 e. The number of carbonyl (C=O) groups is 1. The fourth-order valence-corrected chi connectivity index (χ4v) is 7.55. The molecule has 0 aromatic heterocycles. The molecule has 4 heterocycles. The number of hydrogen-bond acceptors (Lipinski definition) is 9. The lowest BCUT2D eigenvalue weighted by molar-refractivity contribution is -0.157. The van der Waals surface area contributed by atoms with Crippen LogP contribution < -0.4 is 18.9 Å². The van der Waals surface area contributed by atoms with E-state index in [4.69, 9.17) is 28.4 Å². The lowest BCUT2D eigenvalue weighted by Crippen LogP contribution is -2.51. The molecule has 4 aliphatic heterocycles. The van der Waals surface area contributed by atoms with Crippen molar-refractivity contribution in [1.82, 2.24) is 9.80 Å². The molecule has 0 aliphatic carbocycles. The molecule has 2 fully saturated rings. The summed E-state index contributed by atoms with van der Waals surface area (Å²) in [5.41, 5.74) is 3.65. The van der Waals surface area contributed by atoms with Crippen LogP contribution in [0.3, 0.4) is 0 Å². The molecule has 4 atom stereocenters. The van der Waals surface area contributed by atoms with Crippen LogP contribution >= 0.6 is 0 Å². The molecular formula is C40H42N2O9. The van der Waals surface area contributed by atoms with Gasteiger partial charge in [0.25, 0.3) is 0 Å². The van der Waals surface area contributed by atoms with Gasteiger partial charge in [-0.15, -0.1) is 0 Å². The van der Waals surface area contributed by atoms with E-state index in [-0.39, 0.29) is 30.6 Å². The Hall–Kier alpha value is -5.13. The van der Waals surface area contributed by atoms with Crippen LogP contribution in [0.15, 0.2) is 84.9 Å². The first-order chi connectivity index (χ1) is 24.7. The summed E-state index contributed by atoms with van der Waals surface area (Å²) < 4.78 is 37.1. The van der Waals surface area contributed by atoms with E-state index in [1.807, 2.05) is 84.3 Å². The summed E-state index contributed by atoms with van der Waals surface area (Å²) in [6.45, 7) is 6.30. The van der Waals surface area contributed by atoms with Gasteiger partial charge in [0, 0.05) is 13.1 Å². The molecule has 8 rings (SSSR count). The number of hydrogen-bond donors (Lipinski definition) is 2. The van der Waals surface area contributed by atoms with Crippen molar-refractivity contribution in [3.05, 3.63) is 107 Å². The summed E-state index contributed by atoms with van der Waals surface area (Å²) in [4.78, 5) is 19.1. The Morgan fingerprint density at radius 2 is 0.941 bits per heavy atom. The number of nitrogens with zero attached hydrogens (tertiary/aromatic N) is 2. The number of urea groups is 1. The maximum Gasteiger partial charge on any atom is 0.321 e. The van der Waals surface area contributed by atoms with Gasteiger partial charge in [0.1, 0.15) is 50.1 Å². The minimum atomic E-state index is -0.930. The number of aromatic hydroxyl groups is 2. The Bertz CT molecular complexity index is 1750. The summed E-state index contributed by atoms with van der Waals surface area (Å²) in [5.74, 6) is 2.11. The van der Waals surface area contributed by atoms with Crippen LogP contribution in [-0.2, 0) is 35.4 Å². The molecule has 11 heteroatoms. The molecule has 0 saturated carbocycles. The molecule has 0 unspecified atom stereocenters. The van der Waals surface area contributed by atoms with Crippen molar-refractivity contribution >= 4 is 6.03 Å². The topological polar surface area (TPSA) is 119 Å². The number of phenols is 2. The second kappa shape index (κ2) is 13.5. The Balaban J connectivity index is 1.24. The standard InChI is InChI=1S/C40H42N2O9/c1-40(2)50-37-31(19-27-7-13-33-35(21-27)48-17-15-46-33)41(23-25-3-9-29(43)10-4-25)39(45)42(24-26-5-11-30(44)12-6-26)32(38(37)51-40)20-28-8-14-34-36(22-28)49-18-16-47-34/h3-14,21-22,31-32,37-38,43-44H,15-20,23-24H2,1-2H3/t31-,32-,37+,38+/m1/s1. The van der Waals surface area contributed by atoms with Gasteiger partial charge >= 0.3 is 6.03 Å². The van der Waals surface area contributed by atoms with Gasteiger partial charge in [-0.3, -0.25) is 0 Å². The predicted molar refractivity (Wildman–Crippen MR) is 186 cm³/mol. The molecule has 2 amide bonds. The zero-order valence-corrected chi connectivity index (χ0v) is 28.7. The van der Waals surface area contributed by atoms with Crippen molar-refractivity contribution in [3.63, 3.8) is 0 Å². The van der Waals surface area contributed by atoms with Crippen molar-refractivity contribution in [3.8, 4) is 34.5 Å². The fourth-order valence-electron chi connectivity index (χ4n) is 7.55. The number of fused-ring (bicyclic) bond motifs is 3. The van der Waals surface area contributed by atoms with E-state index in [0.29, 0.717) is 62.3 Å². The van der Waals surface area contributed by atoms with Gasteiger partial charge in [-0.25, -0.2) is 4.79 Å². The number of phenolic OH excluding ortho intramolecular Hbond substituents is 2. The highest BCUT2D eigenvalue weighted by atomic mass is 16.8. The summed E-state index contributed by atoms with van der Waals surface area (Å²) in [6, 6.07) is 24.6. The summed E-state index contributed by atoms with van der Waals surface area (Å²) in [7, 11) is 0. The molecule has 4 aromatic carbocycles. The third kappa shape index (κ3) is 6.96. The first-order valence-electron chi connectivity index (χ1n) is 17.4. The summed E-state index contributed by atoms with van der Waals surface area (Å²) in [5, 5.41) is 20.2. The number of ether oxygens (including phenoxy) is 6. The quantitative estimate of drug-likeness (QED) is 0.235. The molecule has 51 heavy (non-hydrogen) atoms. The molecule has 4 aliphatic rings. The maximum absolute atomic E-state index is 15.3. The summed E-state index contributed by atoms with van der Waals surface area (Å²) in [6.07, 6.45) is -0.0991. The lowest BCUT2D eigenvalue weighted by Gasteiger charge is -2.37. The molecular weight excluding hydrogens is 652 g/mol. The van der Waals surface area contributed by atoms with E-state index in [0.717, 1.165) is 22.3 Å². The van der Waals surface area contributed by atoms with Crippen LogP contribution in [0.4, 0.5) is 4.79 Å². The second-order valence-corrected chi connectivity index (χ2v) is 13.9. The van der Waals surface area contributed by atoms with E-state index >= 15 is 4.79 Å². The predicted octanol–water partition coefficient (Wildman–Crippen LogP) is 5.82. The average Bonchev–Trinajstić information content (AvgIpc) is 3.44. The van der Waals surface area contributed by atoms with Gasteiger partial charge in [-0.2, -0.15) is 0 Å². The lowest BCUT2D eigenvalue weighted by atomic mass is 9.90. The van der Waals surface area contributed by atoms with Gasteiger partial charge < -0.3 is 48.4 Å². The van der Waals surface area contributed by atoms with Crippen molar-refractivity contribution in [2.45, 2.75) is 69.9 Å². The molecule has 266 valence electrons. The van der Waals surface area contributed by atoms with Crippen LogP contribution in [0.25, 0.3) is 0 Å². The van der Waals surface area contributed by atoms with E-state index in [1.54, 1.807) is 24.3 Å². The Morgan fingerprint density at radius 1 is 0.569 bits per heavy atom. The second-order valence-electron chi connectivity index (χ2n) is 13.9. The third-order valence-corrected chi connectivity index (χ3v) is 9.90. The van der Waals surface area contributed by atoms with E-state index < -0.39 is 30.1 Å². The molecule has 2 saturated heterocycles. The molecule has 2 N–H and O–H groups in total. The Morgan fingerprint density at radius 3 is 1.35 bits per heavy atom. The SMILES string of the molecule is CC1(C)O[C@@H]2[C@@H](O1)[C@@H](Cc1ccc3c(c1)OCCO3)N(Cc1ccc(O)cc1)C(=O)N(Cc1ccc(O)cc1)[C@@H]2Cc1ccc2c(c1)OCCO2. The summed E-state index contributed by atoms with van der Waals surface area (Å²) >= 11 is 0. The third-order valence-electron chi connectivity index (χ3n) is 9.90. The Labute approximate surface area is 296 Å². The van der Waals surface area contributed by atoms with Gasteiger partial charge in [0.2, 0.25) is 0 Å². The van der Waals surface area contributed by atoms with Crippen molar-refractivity contribution in [2.24, 2.45) is 0 Å². The first kappa shape index (κ1) is 33.0. The average molecular weight is 695 g/mol. The molecule has 0 spiro atoms. The number of rotatable bonds is 8. The molecule has 11 nitrogen and oxygen atoms in total. The molecule has 4 aromatic rings. The highest BCUT2D eigenvalue weighted by molar-refractivity contribution is 5.76. The van der Waals surface area contributed by atoms with E-state index in [1.165, 1.54) is 0 Å². The Kier molecular flexibility index (Phi) is 8.77. The molecule has 0 bridgehead atoms. The first-order valence-corrected chi connectivity index (χ1v) is 17.4. The fraction of sp³-hybridized carbons (Fsp3) is 0.375. The zero-order valence-electron chi connectivity index (χ0n) is 28.7. The smallest absolute Gasteiger partial charge is 0.321 e. The largest absolute Gasteiger partial charge is 0.508 e. The van der Waals surface area contributed by atoms with Crippen LogP contribution in [0.5, 0.6) is 34.5 Å². The number of carbonyl (C=O) groups excluding carboxylic acids is 1. The van der Waals surface area contributed by atoms with Crippen molar-refractivity contribution in [1.29, 1.82) is 0 Å². The number of benzene rings is 4. The normalized spacial score (nSPS) is 23.5. The van der Waals surface area contributed by atoms with Crippen LogP contribution in [0, 0.1) is 0 Å². The van der Waals surface area contributed by atoms with Crippen LogP contribution in [-0.4, -0.2) is 82.6 Å². The highest BCUT2D eigenvalue weighted by Crippen LogP contribution is 2.42. The van der Waals surface area contributed by atoms with Gasteiger partial charge in [-0.05, 0) is 97.5 Å². The van der Waals surface area contributed by atoms with Gasteiger partial charge in [-0.1, -0.05) is 36.4 Å². The molecule has 0 radical (unpaired) electrons. The highest BCUT2D eigenvalue weighted by Gasteiger charge is 2.55. The van der Waals surface area contributed by atoms with E-state index in [2.05, 4.69) is 0 Å². The van der Waals surface area contributed by atoms with Crippen LogP contribution in [0.2, 0.25) is 0 Å². The van der Waals surface area contributed by atoms with Gasteiger partial charge in [0.05, 0.1) is 12.1 Å². The van der Waals surface area contributed by atoms with Crippen LogP contribution in [0.1, 0.15) is 36.1 Å². The van der Waals surface area contributed by atoms with Crippen molar-refractivity contribution < 1.29 is 43.4 Å². The monoisotopic (exact) mass is 694 g/mol. The zero-order chi connectivity index (χ0) is 35.1. The maximum atomic E-state index is 15.3. The van der Waals surface area contributed by atoms with Gasteiger partial charge in [0.15, 0.2) is 28.8 Å².